The molecule has 28 heavy (non-hydrogen) atoms. The monoisotopic (exact) mass is 404 g/mol. The fourth-order valence-electron chi connectivity index (χ4n) is 3.42. The number of ether oxygens (including phenoxy) is 1. The summed E-state index contributed by atoms with van der Waals surface area (Å²) in [6.45, 7) is 1.98. The maximum atomic E-state index is 12.0. The van der Waals surface area contributed by atoms with Crippen LogP contribution in [0.15, 0.2) is 53.4 Å². The maximum absolute atomic E-state index is 12.0. The zero-order valence-corrected chi connectivity index (χ0v) is 17.1. The predicted octanol–water partition coefficient (Wildman–Crippen LogP) is 3.45. The summed E-state index contributed by atoms with van der Waals surface area (Å²) in [5.74, 6) is 0.742. The lowest BCUT2D eigenvalue weighted by atomic mass is 9.95. The second kappa shape index (κ2) is 8.94. The van der Waals surface area contributed by atoms with Gasteiger partial charge in [-0.05, 0) is 75.2 Å². The van der Waals surface area contributed by atoms with Crippen molar-refractivity contribution in [1.29, 1.82) is 0 Å². The Hall–Kier alpha value is -2.09. The van der Waals surface area contributed by atoms with E-state index < -0.39 is 16.1 Å². The average molecular weight is 405 g/mol. The minimum Gasteiger partial charge on any atom is -0.488 e. The van der Waals surface area contributed by atoms with Gasteiger partial charge in [-0.2, -0.15) is 0 Å². The molecular formula is C21H28N2O4S. The molecule has 152 valence electrons. The van der Waals surface area contributed by atoms with Gasteiger partial charge in [-0.15, -0.1) is 0 Å². The van der Waals surface area contributed by atoms with Crippen molar-refractivity contribution in [1.82, 2.24) is 4.72 Å². The fourth-order valence-corrected chi connectivity index (χ4v) is 4.21. The third kappa shape index (κ3) is 5.04. The van der Waals surface area contributed by atoms with E-state index in [1.807, 2.05) is 37.3 Å². The van der Waals surface area contributed by atoms with Crippen molar-refractivity contribution in [2.45, 2.75) is 55.8 Å². The van der Waals surface area contributed by atoms with Crippen LogP contribution in [0.3, 0.4) is 0 Å². The Labute approximate surface area is 167 Å². The summed E-state index contributed by atoms with van der Waals surface area (Å²) in [6.07, 6.45) is 3.28. The summed E-state index contributed by atoms with van der Waals surface area (Å²) in [5, 5.41) is 13.4. The van der Waals surface area contributed by atoms with Crippen molar-refractivity contribution in [3.63, 3.8) is 0 Å². The number of sulfonamides is 1. The molecule has 1 fully saturated rings. The topological polar surface area (TPSA) is 87.7 Å². The molecule has 0 radical (unpaired) electrons. The van der Waals surface area contributed by atoms with Crippen LogP contribution in [-0.4, -0.2) is 32.8 Å². The lowest BCUT2D eigenvalue weighted by Gasteiger charge is -2.28. The Balaban J connectivity index is 1.64. The van der Waals surface area contributed by atoms with Crippen LogP contribution >= 0.6 is 0 Å². The summed E-state index contributed by atoms with van der Waals surface area (Å²) < 4.78 is 32.3. The van der Waals surface area contributed by atoms with Crippen LogP contribution in [0.2, 0.25) is 0 Å². The Kier molecular flexibility index (Phi) is 6.59. The van der Waals surface area contributed by atoms with Crippen molar-refractivity contribution in [2.24, 2.45) is 0 Å². The first kappa shape index (κ1) is 20.6. The Morgan fingerprint density at radius 3 is 2.50 bits per heavy atom. The van der Waals surface area contributed by atoms with Crippen LogP contribution in [0.4, 0.5) is 5.69 Å². The van der Waals surface area contributed by atoms with Crippen LogP contribution in [0.5, 0.6) is 5.75 Å². The summed E-state index contributed by atoms with van der Waals surface area (Å²) >= 11 is 0. The second-order valence-electron chi connectivity index (χ2n) is 7.18. The molecule has 3 N–H and O–H groups in total. The van der Waals surface area contributed by atoms with Gasteiger partial charge in [0.2, 0.25) is 10.0 Å². The van der Waals surface area contributed by atoms with Gasteiger partial charge in [0.05, 0.1) is 11.0 Å². The van der Waals surface area contributed by atoms with Crippen molar-refractivity contribution in [2.75, 3.05) is 12.4 Å². The molecule has 0 heterocycles. The second-order valence-corrected chi connectivity index (χ2v) is 9.07. The average Bonchev–Trinajstić information content (AvgIpc) is 2.71. The molecule has 0 amide bonds. The van der Waals surface area contributed by atoms with E-state index in [2.05, 4.69) is 10.0 Å². The summed E-state index contributed by atoms with van der Waals surface area (Å²) in [6, 6.07) is 14.4. The van der Waals surface area contributed by atoms with E-state index in [9.17, 15) is 13.5 Å². The molecular weight excluding hydrogens is 376 g/mol. The quantitative estimate of drug-likeness (QED) is 0.658. The molecule has 0 unspecified atom stereocenters. The third-order valence-electron chi connectivity index (χ3n) is 5.13. The lowest BCUT2D eigenvalue weighted by Crippen LogP contribution is -2.34. The molecule has 1 aliphatic rings. The third-order valence-corrected chi connectivity index (χ3v) is 6.54. The van der Waals surface area contributed by atoms with E-state index in [0.29, 0.717) is 0 Å². The van der Waals surface area contributed by atoms with Gasteiger partial charge in [0.1, 0.15) is 11.9 Å². The van der Waals surface area contributed by atoms with E-state index in [0.717, 1.165) is 42.7 Å². The highest BCUT2D eigenvalue weighted by molar-refractivity contribution is 7.89. The molecule has 0 aromatic heterocycles. The summed E-state index contributed by atoms with van der Waals surface area (Å²) in [5.41, 5.74) is 1.79. The number of aliphatic hydroxyl groups is 1. The Bertz CT molecular complexity index is 884. The minimum absolute atomic E-state index is 0.0704. The summed E-state index contributed by atoms with van der Waals surface area (Å²) in [7, 11) is -2.06. The Morgan fingerprint density at radius 2 is 1.82 bits per heavy atom. The highest BCUT2D eigenvalue weighted by atomic mass is 32.2. The first-order valence-electron chi connectivity index (χ1n) is 9.64. The van der Waals surface area contributed by atoms with E-state index in [1.165, 1.54) is 7.05 Å². The van der Waals surface area contributed by atoms with Crippen molar-refractivity contribution in [3.05, 3.63) is 54.1 Å². The number of rotatable bonds is 7. The molecule has 0 saturated heterocycles. The van der Waals surface area contributed by atoms with Gasteiger partial charge < -0.3 is 15.2 Å². The molecule has 1 saturated carbocycles. The largest absolute Gasteiger partial charge is 0.488 e. The predicted molar refractivity (Wildman–Crippen MR) is 110 cm³/mol. The minimum atomic E-state index is -3.47. The lowest BCUT2D eigenvalue weighted by molar-refractivity contribution is 0.00688. The molecule has 0 bridgehead atoms. The number of hydrogen-bond acceptors (Lipinski definition) is 5. The van der Waals surface area contributed by atoms with Crippen molar-refractivity contribution < 1.29 is 18.3 Å². The molecule has 7 heteroatoms. The van der Waals surface area contributed by atoms with E-state index >= 15 is 0 Å². The summed E-state index contributed by atoms with van der Waals surface area (Å²) in [4.78, 5) is 0.246. The number of anilines is 1. The zero-order chi connectivity index (χ0) is 20.1. The normalized spacial score (nSPS) is 21.1. The molecule has 2 aromatic rings. The van der Waals surface area contributed by atoms with Crippen LogP contribution < -0.4 is 14.8 Å². The SMILES string of the molecule is CNS(=O)(=O)c1cccc([C@H](C)Nc2ccc(O[C@H]3CCCC[C@@H]3O)cc2)c1. The highest BCUT2D eigenvalue weighted by Gasteiger charge is 2.24. The van der Waals surface area contributed by atoms with Gasteiger partial charge in [-0.25, -0.2) is 13.1 Å². The smallest absolute Gasteiger partial charge is 0.240 e. The first-order valence-corrected chi connectivity index (χ1v) is 11.1. The fraction of sp³-hybridized carbons (Fsp3) is 0.429. The van der Waals surface area contributed by atoms with Crippen LogP contribution in [0.25, 0.3) is 0 Å². The molecule has 0 aliphatic heterocycles. The number of nitrogens with one attached hydrogen (secondary N) is 2. The molecule has 2 aromatic carbocycles. The van der Waals surface area contributed by atoms with Gasteiger partial charge in [-0.1, -0.05) is 18.6 Å². The number of aliphatic hydroxyl groups excluding tert-OH is 1. The highest BCUT2D eigenvalue weighted by Crippen LogP contribution is 2.26. The van der Waals surface area contributed by atoms with E-state index in [4.69, 9.17) is 4.74 Å². The standard InChI is InChI=1S/C21H28N2O4S/c1-15(16-6-5-7-19(14-16)28(25,26)22-2)23-17-10-12-18(13-11-17)27-21-9-4-3-8-20(21)24/h5-7,10-15,20-24H,3-4,8-9H2,1-2H3/t15-,20-,21-/m0/s1. The number of benzene rings is 2. The van der Waals surface area contributed by atoms with Gasteiger partial charge in [0, 0.05) is 11.7 Å². The number of hydrogen-bond donors (Lipinski definition) is 3. The molecule has 3 atom stereocenters. The van der Waals surface area contributed by atoms with Crippen LogP contribution in [0.1, 0.15) is 44.2 Å². The molecule has 0 spiro atoms. The van der Waals surface area contributed by atoms with Gasteiger partial charge in [-0.3, -0.25) is 0 Å². The van der Waals surface area contributed by atoms with E-state index in [-0.39, 0.29) is 17.0 Å². The van der Waals surface area contributed by atoms with E-state index in [1.54, 1.807) is 18.2 Å². The first-order chi connectivity index (χ1) is 13.4. The van der Waals surface area contributed by atoms with Gasteiger partial charge in [0.15, 0.2) is 0 Å². The zero-order valence-electron chi connectivity index (χ0n) is 16.3. The van der Waals surface area contributed by atoms with Crippen LogP contribution in [-0.2, 0) is 10.0 Å². The van der Waals surface area contributed by atoms with Gasteiger partial charge in [0.25, 0.3) is 0 Å². The van der Waals surface area contributed by atoms with Crippen LogP contribution in [0, 0.1) is 0 Å². The maximum Gasteiger partial charge on any atom is 0.240 e. The van der Waals surface area contributed by atoms with Gasteiger partial charge >= 0.3 is 0 Å². The van der Waals surface area contributed by atoms with Crippen molar-refractivity contribution in [3.8, 4) is 5.75 Å². The molecule has 3 rings (SSSR count). The van der Waals surface area contributed by atoms with Crippen molar-refractivity contribution >= 4 is 15.7 Å². The molecule has 1 aliphatic carbocycles. The Morgan fingerprint density at radius 1 is 1.11 bits per heavy atom. The molecule has 6 nitrogen and oxygen atoms in total.